The maximum atomic E-state index is 4.47. The molecule has 0 amide bonds. The summed E-state index contributed by atoms with van der Waals surface area (Å²) >= 11 is 0. The van der Waals surface area contributed by atoms with Gasteiger partial charge in [0.15, 0.2) is 0 Å². The predicted octanol–water partition coefficient (Wildman–Crippen LogP) is 3.82. The average molecular weight is 199 g/mol. The molecule has 0 aliphatic rings. The van der Waals surface area contributed by atoms with Crippen LogP contribution >= 0.6 is 0 Å². The number of benzene rings is 1. The monoisotopic (exact) mass is 199 g/mol. The maximum Gasteiger partial charge on any atom is 0.0702 e. The Bertz CT molecular complexity index is 466. The summed E-state index contributed by atoms with van der Waals surface area (Å²) in [5.41, 5.74) is 2.72. The highest BCUT2D eigenvalue weighted by Gasteiger charge is 2.11. The largest absolute Gasteiger partial charge is 0.256 e. The SMILES string of the molecule is CC(C)(C)Cc1cnc2ccccc2c1. The Labute approximate surface area is 91.2 Å². The van der Waals surface area contributed by atoms with E-state index in [9.17, 15) is 0 Å². The number of fused-ring (bicyclic) bond motifs is 1. The zero-order valence-corrected chi connectivity index (χ0v) is 9.62. The van der Waals surface area contributed by atoms with Gasteiger partial charge < -0.3 is 0 Å². The molecule has 2 aromatic rings. The minimum absolute atomic E-state index is 0.324. The molecular formula is C14H17N. The van der Waals surface area contributed by atoms with E-state index in [1.54, 1.807) is 0 Å². The lowest BCUT2D eigenvalue weighted by molar-refractivity contribution is 0.411. The Morgan fingerprint density at radius 3 is 2.60 bits per heavy atom. The van der Waals surface area contributed by atoms with Crippen molar-refractivity contribution >= 4 is 10.9 Å². The number of para-hydroxylation sites is 1. The lowest BCUT2D eigenvalue weighted by Crippen LogP contribution is -2.09. The molecule has 0 radical (unpaired) electrons. The highest BCUT2D eigenvalue weighted by Crippen LogP contribution is 2.22. The molecule has 0 spiro atoms. The Kier molecular flexibility index (Phi) is 2.47. The van der Waals surface area contributed by atoms with Crippen molar-refractivity contribution in [3.05, 3.63) is 42.1 Å². The summed E-state index contributed by atoms with van der Waals surface area (Å²) in [6.07, 6.45) is 3.07. The zero-order valence-electron chi connectivity index (χ0n) is 9.62. The fourth-order valence-corrected chi connectivity index (χ4v) is 1.83. The van der Waals surface area contributed by atoms with Crippen LogP contribution in [0, 0.1) is 5.41 Å². The quantitative estimate of drug-likeness (QED) is 0.680. The molecule has 1 aromatic heterocycles. The molecule has 0 aliphatic carbocycles. The van der Waals surface area contributed by atoms with Gasteiger partial charge in [-0.15, -0.1) is 0 Å². The average Bonchev–Trinajstić information content (AvgIpc) is 2.15. The van der Waals surface area contributed by atoms with Gasteiger partial charge in [-0.25, -0.2) is 0 Å². The number of hydrogen-bond donors (Lipinski definition) is 0. The zero-order chi connectivity index (χ0) is 10.9. The van der Waals surface area contributed by atoms with Crippen molar-refractivity contribution in [2.75, 3.05) is 0 Å². The van der Waals surface area contributed by atoms with Gasteiger partial charge in [-0.1, -0.05) is 39.0 Å². The molecule has 1 nitrogen and oxygen atoms in total. The first-order chi connectivity index (χ1) is 7.04. The predicted molar refractivity (Wildman–Crippen MR) is 64.9 cm³/mol. The van der Waals surface area contributed by atoms with Gasteiger partial charge in [0.05, 0.1) is 5.52 Å². The number of nitrogens with zero attached hydrogens (tertiary/aromatic N) is 1. The molecule has 0 unspecified atom stereocenters. The van der Waals surface area contributed by atoms with Gasteiger partial charge in [0.1, 0.15) is 0 Å². The second-order valence-corrected chi connectivity index (χ2v) is 5.27. The normalized spacial score (nSPS) is 11.9. The van der Waals surface area contributed by atoms with Crippen LogP contribution in [0.3, 0.4) is 0 Å². The van der Waals surface area contributed by atoms with E-state index in [-0.39, 0.29) is 0 Å². The van der Waals surface area contributed by atoms with Crippen molar-refractivity contribution in [1.29, 1.82) is 0 Å². The number of aromatic nitrogens is 1. The minimum Gasteiger partial charge on any atom is -0.256 e. The topological polar surface area (TPSA) is 12.9 Å². The molecule has 1 aromatic carbocycles. The van der Waals surface area contributed by atoms with Crippen molar-refractivity contribution in [2.45, 2.75) is 27.2 Å². The van der Waals surface area contributed by atoms with E-state index in [2.05, 4.69) is 50.0 Å². The summed E-state index contributed by atoms with van der Waals surface area (Å²) in [4.78, 5) is 4.47. The fourth-order valence-electron chi connectivity index (χ4n) is 1.83. The van der Waals surface area contributed by atoms with Gasteiger partial charge in [0.25, 0.3) is 0 Å². The van der Waals surface area contributed by atoms with Crippen molar-refractivity contribution in [3.8, 4) is 0 Å². The van der Waals surface area contributed by atoms with Crippen LogP contribution in [0.1, 0.15) is 26.3 Å². The van der Waals surface area contributed by atoms with Crippen LogP contribution in [-0.4, -0.2) is 4.98 Å². The Balaban J connectivity index is 2.39. The van der Waals surface area contributed by atoms with Gasteiger partial charge in [0, 0.05) is 11.6 Å². The van der Waals surface area contributed by atoms with Crippen LogP contribution in [0.4, 0.5) is 0 Å². The maximum absolute atomic E-state index is 4.47. The molecule has 0 bridgehead atoms. The van der Waals surface area contributed by atoms with E-state index in [0.717, 1.165) is 11.9 Å². The van der Waals surface area contributed by atoms with Crippen LogP contribution in [0.2, 0.25) is 0 Å². The van der Waals surface area contributed by atoms with E-state index in [4.69, 9.17) is 0 Å². The Morgan fingerprint density at radius 2 is 1.87 bits per heavy atom. The summed E-state index contributed by atoms with van der Waals surface area (Å²) in [5, 5.41) is 1.24. The summed E-state index contributed by atoms with van der Waals surface area (Å²) in [6, 6.07) is 10.5. The first kappa shape index (κ1) is 10.2. The van der Waals surface area contributed by atoms with Gasteiger partial charge in [-0.2, -0.15) is 0 Å². The summed E-state index contributed by atoms with van der Waals surface area (Å²) in [5.74, 6) is 0. The third-order valence-corrected chi connectivity index (χ3v) is 2.38. The summed E-state index contributed by atoms with van der Waals surface area (Å²) < 4.78 is 0. The molecule has 1 heterocycles. The van der Waals surface area contributed by atoms with Gasteiger partial charge in [-0.3, -0.25) is 4.98 Å². The van der Waals surface area contributed by atoms with E-state index in [0.29, 0.717) is 5.41 Å². The Hall–Kier alpha value is -1.37. The number of rotatable bonds is 1. The van der Waals surface area contributed by atoms with Crippen LogP contribution < -0.4 is 0 Å². The highest BCUT2D eigenvalue weighted by molar-refractivity contribution is 5.78. The molecule has 78 valence electrons. The first-order valence-electron chi connectivity index (χ1n) is 5.38. The van der Waals surface area contributed by atoms with E-state index in [1.807, 2.05) is 12.3 Å². The van der Waals surface area contributed by atoms with Crippen LogP contribution in [-0.2, 0) is 6.42 Å². The molecule has 0 N–H and O–H groups in total. The molecule has 2 rings (SSSR count). The Morgan fingerprint density at radius 1 is 1.13 bits per heavy atom. The van der Waals surface area contributed by atoms with E-state index < -0.39 is 0 Å². The fraction of sp³-hybridized carbons (Fsp3) is 0.357. The van der Waals surface area contributed by atoms with Crippen molar-refractivity contribution in [2.24, 2.45) is 5.41 Å². The number of pyridine rings is 1. The van der Waals surface area contributed by atoms with Gasteiger partial charge in [-0.05, 0) is 29.5 Å². The standard InChI is InChI=1S/C14H17N/c1-14(2,3)9-11-8-12-6-4-5-7-13(12)15-10-11/h4-8,10H,9H2,1-3H3. The third-order valence-electron chi connectivity index (χ3n) is 2.38. The minimum atomic E-state index is 0.324. The molecule has 0 saturated carbocycles. The second-order valence-electron chi connectivity index (χ2n) is 5.27. The molecule has 0 fully saturated rings. The number of hydrogen-bond acceptors (Lipinski definition) is 1. The first-order valence-corrected chi connectivity index (χ1v) is 5.38. The molecule has 15 heavy (non-hydrogen) atoms. The van der Waals surface area contributed by atoms with E-state index in [1.165, 1.54) is 10.9 Å². The lowest BCUT2D eigenvalue weighted by atomic mass is 9.88. The van der Waals surface area contributed by atoms with Crippen LogP contribution in [0.15, 0.2) is 36.5 Å². The van der Waals surface area contributed by atoms with Crippen LogP contribution in [0.25, 0.3) is 10.9 Å². The van der Waals surface area contributed by atoms with E-state index >= 15 is 0 Å². The smallest absolute Gasteiger partial charge is 0.0702 e. The van der Waals surface area contributed by atoms with Crippen molar-refractivity contribution < 1.29 is 0 Å². The summed E-state index contributed by atoms with van der Waals surface area (Å²) in [6.45, 7) is 6.76. The third kappa shape index (κ3) is 2.56. The van der Waals surface area contributed by atoms with Crippen molar-refractivity contribution in [3.63, 3.8) is 0 Å². The van der Waals surface area contributed by atoms with Gasteiger partial charge in [0.2, 0.25) is 0 Å². The summed E-state index contributed by atoms with van der Waals surface area (Å²) in [7, 11) is 0. The van der Waals surface area contributed by atoms with Gasteiger partial charge >= 0.3 is 0 Å². The van der Waals surface area contributed by atoms with Crippen LogP contribution in [0.5, 0.6) is 0 Å². The second kappa shape index (κ2) is 3.65. The molecule has 0 atom stereocenters. The molecular weight excluding hydrogens is 182 g/mol. The molecule has 0 aliphatic heterocycles. The molecule has 1 heteroatoms. The highest BCUT2D eigenvalue weighted by atomic mass is 14.6. The lowest BCUT2D eigenvalue weighted by Gasteiger charge is -2.17. The molecule has 0 saturated heterocycles. The van der Waals surface area contributed by atoms with Crippen molar-refractivity contribution in [1.82, 2.24) is 4.98 Å².